The highest BCUT2D eigenvalue weighted by Crippen LogP contribution is 1.98. The molecule has 0 aromatic heterocycles. The molecule has 2 amide bonds. The van der Waals surface area contributed by atoms with E-state index in [1.165, 1.54) is 0 Å². The summed E-state index contributed by atoms with van der Waals surface area (Å²) in [4.78, 5) is 22.8. The van der Waals surface area contributed by atoms with Gasteiger partial charge in [-0.2, -0.15) is 0 Å². The molecule has 0 radical (unpaired) electrons. The molecular formula is C13H18N2O3. The lowest BCUT2D eigenvalue weighted by molar-refractivity contribution is -0.125. The molecule has 0 aliphatic heterocycles. The molecule has 18 heavy (non-hydrogen) atoms. The Morgan fingerprint density at radius 2 is 1.83 bits per heavy atom. The van der Waals surface area contributed by atoms with Crippen LogP contribution in [0.2, 0.25) is 0 Å². The number of ether oxygens (including phenoxy) is 1. The van der Waals surface area contributed by atoms with E-state index in [-0.39, 0.29) is 24.8 Å². The molecule has 0 spiro atoms. The smallest absolute Gasteiger partial charge is 0.239 e. The summed E-state index contributed by atoms with van der Waals surface area (Å²) >= 11 is 0. The van der Waals surface area contributed by atoms with E-state index in [0.717, 1.165) is 5.56 Å². The molecule has 1 aromatic carbocycles. The Balaban J connectivity index is 2.19. The number of rotatable bonds is 7. The van der Waals surface area contributed by atoms with E-state index in [1.54, 1.807) is 7.11 Å². The molecule has 1 rings (SSSR count). The molecule has 0 bridgehead atoms. The molecule has 1 aromatic rings. The maximum Gasteiger partial charge on any atom is 0.239 e. The molecule has 0 heterocycles. The van der Waals surface area contributed by atoms with E-state index in [4.69, 9.17) is 4.74 Å². The number of hydrogen-bond acceptors (Lipinski definition) is 3. The minimum Gasteiger partial charge on any atom is -0.383 e. The molecule has 0 unspecified atom stereocenters. The molecule has 0 atom stereocenters. The van der Waals surface area contributed by atoms with Crippen molar-refractivity contribution in [2.75, 3.05) is 26.8 Å². The van der Waals surface area contributed by atoms with E-state index >= 15 is 0 Å². The van der Waals surface area contributed by atoms with Crippen molar-refractivity contribution in [1.82, 2.24) is 10.6 Å². The van der Waals surface area contributed by atoms with Gasteiger partial charge in [-0.15, -0.1) is 0 Å². The maximum atomic E-state index is 11.5. The van der Waals surface area contributed by atoms with Gasteiger partial charge in [0.05, 0.1) is 19.6 Å². The lowest BCUT2D eigenvalue weighted by atomic mass is 10.1. The Labute approximate surface area is 107 Å². The van der Waals surface area contributed by atoms with Crippen molar-refractivity contribution < 1.29 is 14.3 Å². The largest absolute Gasteiger partial charge is 0.383 e. The second-order valence-corrected chi connectivity index (χ2v) is 3.78. The summed E-state index contributed by atoms with van der Waals surface area (Å²) in [6.45, 7) is 0.906. The van der Waals surface area contributed by atoms with Crippen LogP contribution in [0.15, 0.2) is 30.3 Å². The number of carbonyl (C=O) groups is 2. The Bertz CT molecular complexity index is 379. The molecule has 98 valence electrons. The Hall–Kier alpha value is -1.88. The van der Waals surface area contributed by atoms with Crippen LogP contribution in [0.5, 0.6) is 0 Å². The van der Waals surface area contributed by atoms with Gasteiger partial charge in [0.15, 0.2) is 0 Å². The lowest BCUT2D eigenvalue weighted by Crippen LogP contribution is -2.38. The van der Waals surface area contributed by atoms with Gasteiger partial charge in [0.2, 0.25) is 11.8 Å². The van der Waals surface area contributed by atoms with Crippen molar-refractivity contribution in [3.8, 4) is 0 Å². The molecule has 0 fully saturated rings. The van der Waals surface area contributed by atoms with Crippen LogP contribution < -0.4 is 10.6 Å². The van der Waals surface area contributed by atoms with Gasteiger partial charge in [-0.1, -0.05) is 30.3 Å². The standard InChI is InChI=1S/C13H18N2O3/c1-18-8-7-14-13(17)10-15-12(16)9-11-5-3-2-4-6-11/h2-6H,7-10H2,1H3,(H,14,17)(H,15,16). The van der Waals surface area contributed by atoms with Crippen molar-refractivity contribution >= 4 is 11.8 Å². The summed E-state index contributed by atoms with van der Waals surface area (Å²) in [6.07, 6.45) is 0.284. The second-order valence-electron chi connectivity index (χ2n) is 3.78. The van der Waals surface area contributed by atoms with Crippen molar-refractivity contribution in [1.29, 1.82) is 0 Å². The van der Waals surface area contributed by atoms with Crippen molar-refractivity contribution in [2.24, 2.45) is 0 Å². The first-order valence-corrected chi connectivity index (χ1v) is 5.78. The van der Waals surface area contributed by atoms with Crippen LogP contribution in [0, 0.1) is 0 Å². The zero-order valence-corrected chi connectivity index (χ0v) is 10.4. The summed E-state index contributed by atoms with van der Waals surface area (Å²) in [5, 5.41) is 5.19. The average molecular weight is 250 g/mol. The van der Waals surface area contributed by atoms with Crippen LogP contribution in [0.1, 0.15) is 5.56 Å². The first kappa shape index (κ1) is 14.2. The minimum atomic E-state index is -0.214. The summed E-state index contributed by atoms with van der Waals surface area (Å²) in [5.41, 5.74) is 0.926. The van der Waals surface area contributed by atoms with E-state index in [2.05, 4.69) is 10.6 Å². The van der Waals surface area contributed by atoms with Crippen LogP contribution in [0.3, 0.4) is 0 Å². The fraction of sp³-hybridized carbons (Fsp3) is 0.385. The first-order valence-electron chi connectivity index (χ1n) is 5.78. The zero-order valence-electron chi connectivity index (χ0n) is 10.4. The topological polar surface area (TPSA) is 67.4 Å². The van der Waals surface area contributed by atoms with Gasteiger partial charge in [-0.3, -0.25) is 9.59 Å². The number of methoxy groups -OCH3 is 1. The highest BCUT2D eigenvalue weighted by Gasteiger charge is 2.05. The molecule has 0 saturated heterocycles. The third-order valence-electron chi connectivity index (χ3n) is 2.28. The fourth-order valence-corrected chi connectivity index (χ4v) is 1.38. The van der Waals surface area contributed by atoms with Crippen molar-refractivity contribution in [3.05, 3.63) is 35.9 Å². The monoisotopic (exact) mass is 250 g/mol. The predicted octanol–water partition coefficient (Wildman–Crippen LogP) is 0.108. The molecule has 0 saturated carbocycles. The summed E-state index contributed by atoms with van der Waals surface area (Å²) in [6, 6.07) is 9.39. The van der Waals surface area contributed by atoms with Gasteiger partial charge in [0.25, 0.3) is 0 Å². The van der Waals surface area contributed by atoms with E-state index in [9.17, 15) is 9.59 Å². The highest BCUT2D eigenvalue weighted by molar-refractivity contribution is 5.85. The normalized spacial score (nSPS) is 9.83. The second kappa shape index (κ2) is 8.25. The first-order chi connectivity index (χ1) is 8.72. The fourth-order valence-electron chi connectivity index (χ4n) is 1.38. The Morgan fingerprint density at radius 1 is 1.11 bits per heavy atom. The lowest BCUT2D eigenvalue weighted by Gasteiger charge is -2.06. The zero-order chi connectivity index (χ0) is 13.2. The van der Waals surface area contributed by atoms with Gasteiger partial charge >= 0.3 is 0 Å². The molecular weight excluding hydrogens is 232 g/mol. The number of carbonyl (C=O) groups excluding carboxylic acids is 2. The Kier molecular flexibility index (Phi) is 6.50. The van der Waals surface area contributed by atoms with Crippen LogP contribution in [0.4, 0.5) is 0 Å². The van der Waals surface area contributed by atoms with Gasteiger partial charge in [0.1, 0.15) is 0 Å². The predicted molar refractivity (Wildman–Crippen MR) is 68.0 cm³/mol. The number of benzene rings is 1. The van der Waals surface area contributed by atoms with Crippen LogP contribution >= 0.6 is 0 Å². The molecule has 5 heteroatoms. The van der Waals surface area contributed by atoms with Gasteiger partial charge < -0.3 is 15.4 Å². The molecule has 2 N–H and O–H groups in total. The van der Waals surface area contributed by atoms with Gasteiger partial charge in [-0.25, -0.2) is 0 Å². The minimum absolute atomic E-state index is 0.00458. The van der Waals surface area contributed by atoms with E-state index in [0.29, 0.717) is 13.2 Å². The van der Waals surface area contributed by atoms with Crippen LogP contribution in [0.25, 0.3) is 0 Å². The third-order valence-corrected chi connectivity index (χ3v) is 2.28. The molecule has 5 nitrogen and oxygen atoms in total. The molecule has 0 aliphatic rings. The van der Waals surface area contributed by atoms with Crippen molar-refractivity contribution in [2.45, 2.75) is 6.42 Å². The number of hydrogen-bond donors (Lipinski definition) is 2. The van der Waals surface area contributed by atoms with Crippen LogP contribution in [-0.2, 0) is 20.7 Å². The highest BCUT2D eigenvalue weighted by atomic mass is 16.5. The van der Waals surface area contributed by atoms with E-state index in [1.807, 2.05) is 30.3 Å². The summed E-state index contributed by atoms with van der Waals surface area (Å²) in [7, 11) is 1.56. The van der Waals surface area contributed by atoms with Gasteiger partial charge in [-0.05, 0) is 5.56 Å². The quantitative estimate of drug-likeness (QED) is 0.675. The van der Waals surface area contributed by atoms with E-state index < -0.39 is 0 Å². The number of nitrogens with one attached hydrogen (secondary N) is 2. The third kappa shape index (κ3) is 6.00. The van der Waals surface area contributed by atoms with Crippen molar-refractivity contribution in [3.63, 3.8) is 0 Å². The molecule has 0 aliphatic carbocycles. The summed E-state index contributed by atoms with van der Waals surface area (Å²) in [5.74, 6) is -0.378. The van der Waals surface area contributed by atoms with Crippen LogP contribution in [-0.4, -0.2) is 38.6 Å². The number of amides is 2. The Morgan fingerprint density at radius 3 is 2.50 bits per heavy atom. The SMILES string of the molecule is COCCNC(=O)CNC(=O)Cc1ccccc1. The average Bonchev–Trinajstić information content (AvgIpc) is 2.38. The summed E-state index contributed by atoms with van der Waals surface area (Å²) < 4.78 is 4.79. The maximum absolute atomic E-state index is 11.5. The van der Waals surface area contributed by atoms with Gasteiger partial charge in [0, 0.05) is 13.7 Å².